The van der Waals surface area contributed by atoms with E-state index in [4.69, 9.17) is 16.0 Å². The van der Waals surface area contributed by atoms with Crippen LogP contribution in [-0.2, 0) is 5.60 Å². The zero-order valence-electron chi connectivity index (χ0n) is 9.07. The molecule has 0 spiro atoms. The van der Waals surface area contributed by atoms with Crippen LogP contribution in [0, 0.1) is 0 Å². The van der Waals surface area contributed by atoms with Crippen LogP contribution in [0.15, 0.2) is 51.6 Å². The lowest BCUT2D eigenvalue weighted by molar-refractivity contribution is 0.0527. The molecule has 90 valence electrons. The van der Waals surface area contributed by atoms with Crippen molar-refractivity contribution in [2.24, 2.45) is 0 Å². The Morgan fingerprint density at radius 3 is 2.47 bits per heavy atom. The topological polar surface area (TPSA) is 33.4 Å². The second kappa shape index (κ2) is 5.25. The van der Waals surface area contributed by atoms with Crippen molar-refractivity contribution in [3.8, 4) is 0 Å². The Morgan fingerprint density at radius 2 is 1.94 bits per heavy atom. The molecule has 2 aromatic rings. The molecule has 1 atom stereocenters. The molecule has 17 heavy (non-hydrogen) atoms. The minimum Gasteiger partial charge on any atom is -0.465 e. The van der Waals surface area contributed by atoms with Gasteiger partial charge in [0.15, 0.2) is 5.76 Å². The quantitative estimate of drug-likeness (QED) is 0.868. The Hall–Kier alpha value is -0.770. The second-order valence-electron chi connectivity index (χ2n) is 3.76. The van der Waals surface area contributed by atoms with E-state index in [-0.39, 0.29) is 0 Å². The van der Waals surface area contributed by atoms with Gasteiger partial charge in [0.2, 0.25) is 0 Å². The molecule has 4 heteroatoms. The van der Waals surface area contributed by atoms with Gasteiger partial charge < -0.3 is 9.52 Å². The Kier molecular flexibility index (Phi) is 3.92. The number of aliphatic hydroxyl groups is 1. The van der Waals surface area contributed by atoms with Crippen LogP contribution in [0.4, 0.5) is 0 Å². The first-order chi connectivity index (χ1) is 8.18. The average Bonchev–Trinajstić information content (AvgIpc) is 2.77. The zero-order chi connectivity index (χ0) is 12.3. The summed E-state index contributed by atoms with van der Waals surface area (Å²) in [5, 5.41) is 10.8. The largest absolute Gasteiger partial charge is 0.465 e. The van der Waals surface area contributed by atoms with E-state index < -0.39 is 5.60 Å². The van der Waals surface area contributed by atoms with E-state index in [1.807, 2.05) is 30.3 Å². The number of halogens is 2. The molecule has 2 nitrogen and oxygen atoms in total. The lowest BCUT2D eigenvalue weighted by atomic mass is 9.89. The lowest BCUT2D eigenvalue weighted by Crippen LogP contribution is -2.27. The van der Waals surface area contributed by atoms with E-state index in [1.165, 1.54) is 0 Å². The highest BCUT2D eigenvalue weighted by atomic mass is 79.9. The number of furan rings is 1. The van der Waals surface area contributed by atoms with Crippen LogP contribution in [0.2, 0.25) is 0 Å². The van der Waals surface area contributed by atoms with Gasteiger partial charge in [-0.2, -0.15) is 0 Å². The monoisotopic (exact) mass is 314 g/mol. The molecule has 0 amide bonds. The predicted molar refractivity (Wildman–Crippen MR) is 71.2 cm³/mol. The summed E-state index contributed by atoms with van der Waals surface area (Å²) in [5.74, 6) is 0.836. The molecule has 1 aromatic heterocycles. The molecule has 1 unspecified atom stereocenters. The standard InChI is InChI=1S/C13H12BrClO2/c14-11-6-9-17-12(11)13(16,7-8-15)10-4-2-1-3-5-10/h1-6,9,16H,7-8H2. The maximum absolute atomic E-state index is 10.8. The number of alkyl halides is 1. The lowest BCUT2D eigenvalue weighted by Gasteiger charge is -2.26. The summed E-state index contributed by atoms with van der Waals surface area (Å²) in [4.78, 5) is 0. The van der Waals surface area contributed by atoms with Crippen molar-refractivity contribution in [1.29, 1.82) is 0 Å². The van der Waals surface area contributed by atoms with Gasteiger partial charge in [-0.1, -0.05) is 30.3 Å². The molecule has 0 saturated heterocycles. The Balaban J connectivity index is 2.50. The van der Waals surface area contributed by atoms with Gasteiger partial charge in [0.05, 0.1) is 10.7 Å². The summed E-state index contributed by atoms with van der Waals surface area (Å²) in [6.45, 7) is 0. The summed E-state index contributed by atoms with van der Waals surface area (Å²) >= 11 is 9.16. The third-order valence-corrected chi connectivity index (χ3v) is 3.51. The van der Waals surface area contributed by atoms with Gasteiger partial charge in [-0.25, -0.2) is 0 Å². The Morgan fingerprint density at radius 1 is 1.24 bits per heavy atom. The third kappa shape index (κ3) is 2.41. The summed E-state index contributed by atoms with van der Waals surface area (Å²) in [6.07, 6.45) is 1.94. The fourth-order valence-corrected chi connectivity index (χ4v) is 2.63. The fourth-order valence-electron chi connectivity index (χ4n) is 1.83. The SMILES string of the molecule is OC(CCCl)(c1ccccc1)c1occc1Br. The van der Waals surface area contributed by atoms with Gasteiger partial charge in [-0.3, -0.25) is 0 Å². The molecule has 0 fully saturated rings. The molecule has 0 bridgehead atoms. The molecular weight excluding hydrogens is 303 g/mol. The van der Waals surface area contributed by atoms with Crippen LogP contribution in [0.25, 0.3) is 0 Å². The smallest absolute Gasteiger partial charge is 0.154 e. The number of hydrogen-bond donors (Lipinski definition) is 1. The van der Waals surface area contributed by atoms with Crippen molar-refractivity contribution in [2.75, 3.05) is 5.88 Å². The summed E-state index contributed by atoms with van der Waals surface area (Å²) in [5.41, 5.74) is -0.415. The van der Waals surface area contributed by atoms with Crippen LogP contribution >= 0.6 is 27.5 Å². The molecule has 0 saturated carbocycles. The molecule has 1 N–H and O–H groups in total. The fraction of sp³-hybridized carbons (Fsp3) is 0.231. The molecule has 0 aliphatic heterocycles. The number of rotatable bonds is 4. The van der Waals surface area contributed by atoms with Crippen molar-refractivity contribution >= 4 is 27.5 Å². The predicted octanol–water partition coefficient (Wildman–Crippen LogP) is 3.91. The van der Waals surface area contributed by atoms with Crippen LogP contribution < -0.4 is 0 Å². The van der Waals surface area contributed by atoms with E-state index in [9.17, 15) is 5.11 Å². The van der Waals surface area contributed by atoms with Crippen LogP contribution in [0.5, 0.6) is 0 Å². The highest BCUT2D eigenvalue weighted by Crippen LogP contribution is 2.37. The molecule has 1 heterocycles. The van der Waals surface area contributed by atoms with E-state index >= 15 is 0 Å². The average molecular weight is 316 g/mol. The van der Waals surface area contributed by atoms with Gasteiger partial charge in [0.1, 0.15) is 5.60 Å². The maximum atomic E-state index is 10.8. The molecule has 0 aliphatic rings. The molecule has 2 rings (SSSR count). The summed E-state index contributed by atoms with van der Waals surface area (Å²) in [6, 6.07) is 11.2. The van der Waals surface area contributed by atoms with Crippen molar-refractivity contribution in [2.45, 2.75) is 12.0 Å². The van der Waals surface area contributed by atoms with Crippen LogP contribution in [0.1, 0.15) is 17.7 Å². The number of hydrogen-bond acceptors (Lipinski definition) is 2. The second-order valence-corrected chi connectivity index (χ2v) is 5.00. The van der Waals surface area contributed by atoms with E-state index in [0.717, 1.165) is 10.0 Å². The number of benzene rings is 1. The molecular formula is C13H12BrClO2. The van der Waals surface area contributed by atoms with E-state index in [2.05, 4.69) is 15.9 Å². The molecule has 1 aromatic carbocycles. The van der Waals surface area contributed by atoms with Crippen molar-refractivity contribution in [3.05, 3.63) is 58.5 Å². The van der Waals surface area contributed by atoms with E-state index in [1.54, 1.807) is 12.3 Å². The van der Waals surface area contributed by atoms with E-state index in [0.29, 0.717) is 18.1 Å². The first-order valence-electron chi connectivity index (χ1n) is 5.26. The van der Waals surface area contributed by atoms with Crippen LogP contribution in [0.3, 0.4) is 0 Å². The van der Waals surface area contributed by atoms with Gasteiger partial charge >= 0.3 is 0 Å². The van der Waals surface area contributed by atoms with Gasteiger partial charge in [-0.05, 0) is 27.6 Å². The van der Waals surface area contributed by atoms with Crippen molar-refractivity contribution < 1.29 is 9.52 Å². The minimum absolute atomic E-state index is 0.346. The Bertz CT molecular complexity index is 483. The van der Waals surface area contributed by atoms with Gasteiger partial charge in [0.25, 0.3) is 0 Å². The Labute approximate surface area is 113 Å². The minimum atomic E-state index is -1.19. The highest BCUT2D eigenvalue weighted by Gasteiger charge is 2.35. The summed E-state index contributed by atoms with van der Waals surface area (Å²) in [7, 11) is 0. The first-order valence-corrected chi connectivity index (χ1v) is 6.58. The van der Waals surface area contributed by atoms with Crippen LogP contribution in [-0.4, -0.2) is 11.0 Å². The maximum Gasteiger partial charge on any atom is 0.154 e. The third-order valence-electron chi connectivity index (χ3n) is 2.70. The van der Waals surface area contributed by atoms with Crippen molar-refractivity contribution in [3.63, 3.8) is 0 Å². The molecule has 0 aliphatic carbocycles. The van der Waals surface area contributed by atoms with Crippen molar-refractivity contribution in [1.82, 2.24) is 0 Å². The first kappa shape index (κ1) is 12.7. The zero-order valence-corrected chi connectivity index (χ0v) is 11.4. The highest BCUT2D eigenvalue weighted by molar-refractivity contribution is 9.10. The van der Waals surface area contributed by atoms with Gasteiger partial charge in [0, 0.05) is 12.3 Å². The molecule has 0 radical (unpaired) electrons. The van der Waals surface area contributed by atoms with Gasteiger partial charge in [-0.15, -0.1) is 11.6 Å². The normalized spacial score (nSPS) is 14.5. The summed E-state index contributed by atoms with van der Waals surface area (Å²) < 4.78 is 6.13.